The fourth-order valence-corrected chi connectivity index (χ4v) is 1.40. The number of fused-ring (bicyclic) bond motifs is 1. The fourth-order valence-electron chi connectivity index (χ4n) is 1.40. The molecule has 5 heteroatoms. The van der Waals surface area contributed by atoms with E-state index in [1.165, 1.54) is 19.2 Å². The van der Waals surface area contributed by atoms with E-state index in [1.807, 2.05) is 0 Å². The Balaban J connectivity index is 2.92. The molecule has 0 spiro atoms. The van der Waals surface area contributed by atoms with E-state index in [1.54, 1.807) is 0 Å². The number of halogens is 2. The molecule has 0 saturated carbocycles. The van der Waals surface area contributed by atoms with Gasteiger partial charge in [-0.15, -0.1) is 4.73 Å². The number of pyridine rings is 1. The molecular weight excluding hydrogens is 204 g/mol. The largest absolute Gasteiger partial charge is 0.413 e. The second-order valence-electron chi connectivity index (χ2n) is 2.97. The molecule has 1 aromatic heterocycles. The molecule has 2 aromatic rings. The molecule has 0 fully saturated rings. The molecule has 0 bridgehead atoms. The number of nitrogens with zero attached hydrogens (tertiary/aromatic N) is 1. The van der Waals surface area contributed by atoms with Gasteiger partial charge >= 0.3 is 0 Å². The maximum absolute atomic E-state index is 13.0. The topological polar surface area (TPSA) is 31.2 Å². The molecule has 0 saturated heterocycles. The number of hydrogen-bond donors (Lipinski definition) is 0. The average molecular weight is 211 g/mol. The summed E-state index contributed by atoms with van der Waals surface area (Å²) in [5, 5.41) is 0.398. The highest BCUT2D eigenvalue weighted by Crippen LogP contribution is 2.16. The van der Waals surface area contributed by atoms with Crippen molar-refractivity contribution in [1.29, 1.82) is 0 Å². The van der Waals surface area contributed by atoms with Crippen LogP contribution < -0.4 is 10.4 Å². The smallest absolute Gasteiger partial charge is 0.283 e. The van der Waals surface area contributed by atoms with Crippen LogP contribution in [0.5, 0.6) is 0 Å². The number of benzene rings is 1. The van der Waals surface area contributed by atoms with Crippen LogP contribution in [0.2, 0.25) is 0 Å². The maximum Gasteiger partial charge on any atom is 0.283 e. The summed E-state index contributed by atoms with van der Waals surface area (Å²) in [4.78, 5) is 16.1. The van der Waals surface area contributed by atoms with Crippen LogP contribution >= 0.6 is 0 Å². The Morgan fingerprint density at radius 1 is 1.20 bits per heavy atom. The lowest BCUT2D eigenvalue weighted by atomic mass is 10.2. The first kappa shape index (κ1) is 9.64. The third-order valence-corrected chi connectivity index (χ3v) is 2.08. The van der Waals surface area contributed by atoms with E-state index in [0.29, 0.717) is 5.39 Å². The summed E-state index contributed by atoms with van der Waals surface area (Å²) in [5.41, 5.74) is -0.236. The van der Waals surface area contributed by atoms with Crippen molar-refractivity contribution in [2.45, 2.75) is 0 Å². The van der Waals surface area contributed by atoms with Gasteiger partial charge in [0.05, 0.1) is 5.52 Å². The fraction of sp³-hybridized carbons (Fsp3) is 0.100. The van der Waals surface area contributed by atoms with Gasteiger partial charge in [-0.3, -0.25) is 4.79 Å². The van der Waals surface area contributed by atoms with E-state index < -0.39 is 17.2 Å². The Kier molecular flexibility index (Phi) is 2.15. The van der Waals surface area contributed by atoms with Gasteiger partial charge < -0.3 is 4.84 Å². The van der Waals surface area contributed by atoms with Crippen molar-refractivity contribution in [1.82, 2.24) is 4.73 Å². The third kappa shape index (κ3) is 1.45. The predicted molar refractivity (Wildman–Crippen MR) is 50.6 cm³/mol. The highest BCUT2D eigenvalue weighted by Gasteiger charge is 2.08. The summed E-state index contributed by atoms with van der Waals surface area (Å²) in [6, 6.07) is 4.58. The molecule has 1 heterocycles. The Bertz CT molecular complexity index is 577. The van der Waals surface area contributed by atoms with Crippen LogP contribution in [0.25, 0.3) is 10.9 Å². The quantitative estimate of drug-likeness (QED) is 0.712. The molecule has 0 atom stereocenters. The van der Waals surface area contributed by atoms with Gasteiger partial charge in [0, 0.05) is 17.5 Å². The van der Waals surface area contributed by atoms with Crippen LogP contribution in [-0.2, 0) is 0 Å². The van der Waals surface area contributed by atoms with Crippen molar-refractivity contribution < 1.29 is 13.6 Å². The summed E-state index contributed by atoms with van der Waals surface area (Å²) in [6.45, 7) is 0. The zero-order valence-corrected chi connectivity index (χ0v) is 7.83. The summed E-state index contributed by atoms with van der Waals surface area (Å²) >= 11 is 0. The van der Waals surface area contributed by atoms with Crippen molar-refractivity contribution in [3.63, 3.8) is 0 Å². The van der Waals surface area contributed by atoms with E-state index in [9.17, 15) is 13.6 Å². The molecule has 2 rings (SSSR count). The van der Waals surface area contributed by atoms with Gasteiger partial charge in [-0.25, -0.2) is 8.78 Å². The molecule has 78 valence electrons. The van der Waals surface area contributed by atoms with Gasteiger partial charge in [0.25, 0.3) is 5.56 Å². The summed E-state index contributed by atoms with van der Waals surface area (Å²) in [6.07, 6.45) is 0. The highest BCUT2D eigenvalue weighted by molar-refractivity contribution is 5.78. The zero-order chi connectivity index (χ0) is 11.0. The average Bonchev–Trinajstić information content (AvgIpc) is 2.21. The van der Waals surface area contributed by atoms with E-state index >= 15 is 0 Å². The van der Waals surface area contributed by atoms with Crippen LogP contribution in [-0.4, -0.2) is 11.8 Å². The Morgan fingerprint density at radius 2 is 1.87 bits per heavy atom. The van der Waals surface area contributed by atoms with Crippen LogP contribution in [0, 0.1) is 11.6 Å². The third-order valence-electron chi connectivity index (χ3n) is 2.08. The molecule has 1 aromatic carbocycles. The van der Waals surface area contributed by atoms with E-state index in [2.05, 4.69) is 0 Å². The summed E-state index contributed by atoms with van der Waals surface area (Å²) < 4.78 is 26.7. The van der Waals surface area contributed by atoms with Gasteiger partial charge in [-0.05, 0) is 12.1 Å². The van der Waals surface area contributed by atoms with Gasteiger partial charge in [0.15, 0.2) is 11.6 Å². The van der Waals surface area contributed by atoms with E-state index in [4.69, 9.17) is 4.84 Å². The van der Waals surface area contributed by atoms with Gasteiger partial charge in [-0.1, -0.05) is 0 Å². The minimum Gasteiger partial charge on any atom is -0.413 e. The Labute approximate surface area is 83.5 Å². The first-order valence-corrected chi connectivity index (χ1v) is 4.19. The van der Waals surface area contributed by atoms with Crippen LogP contribution in [0.4, 0.5) is 8.78 Å². The second-order valence-corrected chi connectivity index (χ2v) is 2.97. The number of aromatic nitrogens is 1. The van der Waals surface area contributed by atoms with Crippen molar-refractivity contribution >= 4 is 10.9 Å². The lowest BCUT2D eigenvalue weighted by Crippen LogP contribution is -2.24. The molecule has 0 amide bonds. The van der Waals surface area contributed by atoms with Crippen molar-refractivity contribution in [3.05, 3.63) is 46.3 Å². The van der Waals surface area contributed by atoms with Gasteiger partial charge in [0.1, 0.15) is 7.11 Å². The number of hydrogen-bond acceptors (Lipinski definition) is 2. The normalized spacial score (nSPS) is 10.6. The highest BCUT2D eigenvalue weighted by atomic mass is 19.2. The zero-order valence-electron chi connectivity index (χ0n) is 7.83. The molecule has 0 unspecified atom stereocenters. The predicted octanol–water partition coefficient (Wildman–Crippen LogP) is 1.34. The Morgan fingerprint density at radius 3 is 2.53 bits per heavy atom. The van der Waals surface area contributed by atoms with E-state index in [0.717, 1.165) is 16.9 Å². The molecule has 0 aliphatic rings. The van der Waals surface area contributed by atoms with Crippen LogP contribution in [0.15, 0.2) is 29.1 Å². The molecule has 0 aliphatic heterocycles. The summed E-state index contributed by atoms with van der Waals surface area (Å²) in [5.74, 6) is -1.97. The van der Waals surface area contributed by atoms with Crippen LogP contribution in [0.3, 0.4) is 0 Å². The van der Waals surface area contributed by atoms with Crippen molar-refractivity contribution in [2.24, 2.45) is 0 Å². The van der Waals surface area contributed by atoms with Gasteiger partial charge in [-0.2, -0.15) is 0 Å². The molecule has 15 heavy (non-hydrogen) atoms. The summed E-state index contributed by atoms with van der Waals surface area (Å²) in [7, 11) is 1.28. The molecule has 0 aliphatic carbocycles. The van der Waals surface area contributed by atoms with Crippen molar-refractivity contribution in [2.75, 3.05) is 7.11 Å². The second kappa shape index (κ2) is 3.34. The lowest BCUT2D eigenvalue weighted by molar-refractivity contribution is 0.169. The molecular formula is C10H7F2NO2. The minimum absolute atomic E-state index is 0.198. The lowest BCUT2D eigenvalue weighted by Gasteiger charge is -2.07. The van der Waals surface area contributed by atoms with Crippen LogP contribution in [0.1, 0.15) is 0 Å². The molecule has 0 N–H and O–H groups in total. The Hall–Kier alpha value is -1.91. The van der Waals surface area contributed by atoms with Gasteiger partial charge in [0.2, 0.25) is 0 Å². The first-order valence-electron chi connectivity index (χ1n) is 4.19. The monoisotopic (exact) mass is 211 g/mol. The maximum atomic E-state index is 13.0. The number of rotatable bonds is 1. The molecule has 0 radical (unpaired) electrons. The SMILES string of the molecule is COn1c(=O)ccc2cc(F)c(F)cc21. The molecule has 3 nitrogen and oxygen atoms in total. The van der Waals surface area contributed by atoms with E-state index in [-0.39, 0.29) is 5.52 Å². The van der Waals surface area contributed by atoms with Crippen molar-refractivity contribution in [3.8, 4) is 0 Å². The first-order chi connectivity index (χ1) is 7.13. The standard InChI is InChI=1S/C10H7F2NO2/c1-15-13-9-5-8(12)7(11)4-6(9)2-3-10(13)14/h2-5H,1H3. The minimum atomic E-state index is -1.01.